The zero-order chi connectivity index (χ0) is 14.3. The van der Waals surface area contributed by atoms with Crippen LogP contribution in [0.4, 0.5) is 0 Å². The molecule has 0 heterocycles. The van der Waals surface area contributed by atoms with Gasteiger partial charge in [-0.05, 0) is 42.9 Å². The third-order valence-corrected chi connectivity index (χ3v) is 4.25. The molecule has 108 valence electrons. The quantitative estimate of drug-likeness (QED) is 0.538. The number of nitrogens with one attached hydrogen (secondary N) is 1. The molecule has 1 aromatic carbocycles. The van der Waals surface area contributed by atoms with E-state index < -0.39 is 0 Å². The summed E-state index contributed by atoms with van der Waals surface area (Å²) in [7, 11) is 0. The summed E-state index contributed by atoms with van der Waals surface area (Å²) in [6, 6.07) is 6.95. The lowest BCUT2D eigenvalue weighted by atomic mass is 9.88. The minimum absolute atomic E-state index is 0.279. The molecule has 1 aromatic rings. The molecule has 0 saturated heterocycles. The SMILES string of the molecule is CCCCC(CC)CC(NN)c1ccc(C)c(C)c1. The molecule has 2 unspecified atom stereocenters. The van der Waals surface area contributed by atoms with E-state index in [0.717, 1.165) is 12.3 Å². The lowest BCUT2D eigenvalue weighted by molar-refractivity contribution is 0.356. The van der Waals surface area contributed by atoms with Crippen molar-refractivity contribution in [2.75, 3.05) is 0 Å². The second kappa shape index (κ2) is 8.34. The Morgan fingerprint density at radius 1 is 1.16 bits per heavy atom. The first-order chi connectivity index (χ1) is 9.12. The monoisotopic (exact) mass is 262 g/mol. The molecule has 0 aromatic heterocycles. The molecule has 0 radical (unpaired) electrons. The molecule has 2 heteroatoms. The normalized spacial score (nSPS) is 14.4. The van der Waals surface area contributed by atoms with Gasteiger partial charge in [-0.25, -0.2) is 0 Å². The van der Waals surface area contributed by atoms with E-state index in [1.165, 1.54) is 42.4 Å². The van der Waals surface area contributed by atoms with Crippen molar-refractivity contribution in [1.82, 2.24) is 5.43 Å². The van der Waals surface area contributed by atoms with Crippen molar-refractivity contribution >= 4 is 0 Å². The van der Waals surface area contributed by atoms with E-state index in [1.54, 1.807) is 0 Å². The lowest BCUT2D eigenvalue weighted by Crippen LogP contribution is -2.29. The summed E-state index contributed by atoms with van der Waals surface area (Å²) in [5.41, 5.74) is 7.02. The van der Waals surface area contributed by atoms with Crippen LogP contribution in [0.3, 0.4) is 0 Å². The topological polar surface area (TPSA) is 38.0 Å². The van der Waals surface area contributed by atoms with Crippen LogP contribution >= 0.6 is 0 Å². The maximum atomic E-state index is 5.77. The van der Waals surface area contributed by atoms with Gasteiger partial charge in [0.15, 0.2) is 0 Å². The maximum absolute atomic E-state index is 5.77. The van der Waals surface area contributed by atoms with Crippen LogP contribution in [0.2, 0.25) is 0 Å². The molecule has 0 aliphatic heterocycles. The zero-order valence-corrected chi connectivity index (χ0v) is 13.0. The van der Waals surface area contributed by atoms with Crippen LogP contribution in [-0.4, -0.2) is 0 Å². The number of unbranched alkanes of at least 4 members (excludes halogenated alkanes) is 1. The fourth-order valence-electron chi connectivity index (χ4n) is 2.60. The minimum atomic E-state index is 0.279. The summed E-state index contributed by atoms with van der Waals surface area (Å²) in [4.78, 5) is 0. The van der Waals surface area contributed by atoms with Crippen molar-refractivity contribution in [3.05, 3.63) is 34.9 Å². The van der Waals surface area contributed by atoms with Crippen LogP contribution in [0, 0.1) is 19.8 Å². The largest absolute Gasteiger partial charge is 0.271 e. The predicted octanol–water partition coefficient (Wildman–Crippen LogP) is 4.41. The molecule has 0 bridgehead atoms. The van der Waals surface area contributed by atoms with Crippen molar-refractivity contribution in [1.29, 1.82) is 0 Å². The van der Waals surface area contributed by atoms with Gasteiger partial charge in [0.25, 0.3) is 0 Å². The molecule has 0 aliphatic rings. The first-order valence-electron chi connectivity index (χ1n) is 7.65. The van der Waals surface area contributed by atoms with E-state index in [4.69, 9.17) is 5.84 Å². The average molecular weight is 262 g/mol. The first-order valence-corrected chi connectivity index (χ1v) is 7.65. The van der Waals surface area contributed by atoms with Crippen LogP contribution in [0.25, 0.3) is 0 Å². The van der Waals surface area contributed by atoms with Crippen LogP contribution < -0.4 is 11.3 Å². The Balaban J connectivity index is 2.72. The van der Waals surface area contributed by atoms with Gasteiger partial charge in [0, 0.05) is 6.04 Å². The van der Waals surface area contributed by atoms with Crippen molar-refractivity contribution in [2.45, 2.75) is 65.8 Å². The van der Waals surface area contributed by atoms with Gasteiger partial charge in [-0.1, -0.05) is 57.7 Å². The van der Waals surface area contributed by atoms with Crippen LogP contribution in [0.15, 0.2) is 18.2 Å². The van der Waals surface area contributed by atoms with Crippen molar-refractivity contribution in [2.24, 2.45) is 11.8 Å². The van der Waals surface area contributed by atoms with E-state index in [1.807, 2.05) is 0 Å². The Bertz CT molecular complexity index is 374. The molecule has 3 N–H and O–H groups in total. The van der Waals surface area contributed by atoms with Crippen LogP contribution in [0.1, 0.15) is 68.7 Å². The number of hydrogen-bond donors (Lipinski definition) is 2. The molecule has 0 amide bonds. The lowest BCUT2D eigenvalue weighted by Gasteiger charge is -2.23. The van der Waals surface area contributed by atoms with Gasteiger partial charge in [0.2, 0.25) is 0 Å². The number of rotatable bonds is 8. The van der Waals surface area contributed by atoms with Crippen LogP contribution in [0.5, 0.6) is 0 Å². The minimum Gasteiger partial charge on any atom is -0.271 e. The zero-order valence-electron chi connectivity index (χ0n) is 13.0. The molecule has 0 saturated carbocycles. The van der Waals surface area contributed by atoms with Gasteiger partial charge >= 0.3 is 0 Å². The highest BCUT2D eigenvalue weighted by Crippen LogP contribution is 2.27. The molecular formula is C17H30N2. The van der Waals surface area contributed by atoms with E-state index in [-0.39, 0.29) is 6.04 Å². The average Bonchev–Trinajstić information content (AvgIpc) is 2.42. The maximum Gasteiger partial charge on any atom is 0.0462 e. The van der Waals surface area contributed by atoms with Gasteiger partial charge in [-0.2, -0.15) is 0 Å². The molecule has 19 heavy (non-hydrogen) atoms. The van der Waals surface area contributed by atoms with Gasteiger partial charge < -0.3 is 0 Å². The van der Waals surface area contributed by atoms with E-state index in [9.17, 15) is 0 Å². The first kappa shape index (κ1) is 16.2. The summed E-state index contributed by atoms with van der Waals surface area (Å²) in [6.07, 6.45) is 6.29. The highest BCUT2D eigenvalue weighted by atomic mass is 15.2. The summed E-state index contributed by atoms with van der Waals surface area (Å²) < 4.78 is 0. The Hall–Kier alpha value is -0.860. The second-order valence-corrected chi connectivity index (χ2v) is 5.72. The summed E-state index contributed by atoms with van der Waals surface area (Å²) in [5.74, 6) is 6.54. The Labute approximate surface area is 118 Å². The molecule has 0 fully saturated rings. The molecule has 2 nitrogen and oxygen atoms in total. The number of hydrogen-bond acceptors (Lipinski definition) is 2. The predicted molar refractivity (Wildman–Crippen MR) is 83.9 cm³/mol. The summed E-state index contributed by atoms with van der Waals surface area (Å²) >= 11 is 0. The van der Waals surface area contributed by atoms with Crippen molar-refractivity contribution < 1.29 is 0 Å². The Morgan fingerprint density at radius 2 is 1.89 bits per heavy atom. The second-order valence-electron chi connectivity index (χ2n) is 5.72. The summed E-state index contributed by atoms with van der Waals surface area (Å²) in [5, 5.41) is 0. The standard InChI is InChI=1S/C17H30N2/c1-5-7-8-15(6-2)12-17(19-18)16-10-9-13(3)14(4)11-16/h9-11,15,17,19H,5-8,12,18H2,1-4H3. The summed E-state index contributed by atoms with van der Waals surface area (Å²) in [6.45, 7) is 8.86. The van der Waals surface area contributed by atoms with Gasteiger partial charge in [0.1, 0.15) is 0 Å². The van der Waals surface area contributed by atoms with Crippen LogP contribution in [-0.2, 0) is 0 Å². The van der Waals surface area contributed by atoms with Crippen molar-refractivity contribution in [3.8, 4) is 0 Å². The van der Waals surface area contributed by atoms with E-state index >= 15 is 0 Å². The number of nitrogens with two attached hydrogens (primary N) is 1. The smallest absolute Gasteiger partial charge is 0.0462 e. The number of benzene rings is 1. The molecule has 2 atom stereocenters. The molecular weight excluding hydrogens is 232 g/mol. The molecule has 1 rings (SSSR count). The number of hydrazine groups is 1. The number of aryl methyl sites for hydroxylation is 2. The third kappa shape index (κ3) is 4.96. The van der Waals surface area contributed by atoms with E-state index in [2.05, 4.69) is 51.3 Å². The highest BCUT2D eigenvalue weighted by molar-refractivity contribution is 5.31. The van der Waals surface area contributed by atoms with Gasteiger partial charge in [0.05, 0.1) is 0 Å². The third-order valence-electron chi connectivity index (χ3n) is 4.25. The van der Waals surface area contributed by atoms with Gasteiger partial charge in [-0.3, -0.25) is 11.3 Å². The van der Waals surface area contributed by atoms with E-state index in [0.29, 0.717) is 0 Å². The Morgan fingerprint density at radius 3 is 2.42 bits per heavy atom. The fraction of sp³-hybridized carbons (Fsp3) is 0.647. The fourth-order valence-corrected chi connectivity index (χ4v) is 2.60. The highest BCUT2D eigenvalue weighted by Gasteiger charge is 2.16. The Kier molecular flexibility index (Phi) is 7.11. The van der Waals surface area contributed by atoms with Crippen molar-refractivity contribution in [3.63, 3.8) is 0 Å². The van der Waals surface area contributed by atoms with Gasteiger partial charge in [-0.15, -0.1) is 0 Å². The molecule has 0 aliphatic carbocycles. The molecule has 0 spiro atoms.